The largest absolute Gasteiger partial charge is 0.497 e. The molecule has 1 atom stereocenters. The predicted molar refractivity (Wildman–Crippen MR) is 84.4 cm³/mol. The minimum atomic E-state index is -0.495. The molecule has 3 nitrogen and oxygen atoms in total. The molecule has 1 N–H and O–H groups in total. The lowest BCUT2D eigenvalue weighted by Gasteiger charge is -2.14. The van der Waals surface area contributed by atoms with Gasteiger partial charge >= 0.3 is 0 Å². The van der Waals surface area contributed by atoms with Gasteiger partial charge in [0.1, 0.15) is 11.5 Å². The van der Waals surface area contributed by atoms with Crippen LogP contribution in [0.3, 0.4) is 0 Å². The van der Waals surface area contributed by atoms with Crippen molar-refractivity contribution in [3.63, 3.8) is 0 Å². The molecule has 0 aliphatic heterocycles. The second-order valence-corrected chi connectivity index (χ2v) is 5.30. The van der Waals surface area contributed by atoms with E-state index in [-0.39, 0.29) is 0 Å². The van der Waals surface area contributed by atoms with Crippen molar-refractivity contribution in [3.05, 3.63) is 58.6 Å². The fourth-order valence-electron chi connectivity index (χ4n) is 2.27. The Hall–Kier alpha value is -1.71. The van der Waals surface area contributed by atoms with E-state index in [4.69, 9.17) is 21.1 Å². The molecule has 2 rings (SSSR count). The highest BCUT2D eigenvalue weighted by Gasteiger charge is 2.11. The van der Waals surface area contributed by atoms with Gasteiger partial charge in [-0.2, -0.15) is 0 Å². The monoisotopic (exact) mass is 306 g/mol. The zero-order valence-corrected chi connectivity index (χ0v) is 12.9. The lowest BCUT2D eigenvalue weighted by Crippen LogP contribution is -2.14. The van der Waals surface area contributed by atoms with Gasteiger partial charge in [0, 0.05) is 11.4 Å². The van der Waals surface area contributed by atoms with Crippen LogP contribution in [0.1, 0.15) is 11.1 Å². The number of rotatable bonds is 6. The number of aliphatic hydroxyl groups excluding tert-OH is 1. The maximum atomic E-state index is 10.3. The molecule has 4 heteroatoms. The number of hydrogen-bond acceptors (Lipinski definition) is 3. The van der Waals surface area contributed by atoms with Gasteiger partial charge in [0.15, 0.2) is 0 Å². The van der Waals surface area contributed by atoms with Gasteiger partial charge in [0.25, 0.3) is 0 Å². The van der Waals surface area contributed by atoms with Crippen LogP contribution in [0.15, 0.2) is 42.5 Å². The molecule has 0 heterocycles. The Morgan fingerprint density at radius 2 is 1.71 bits per heavy atom. The van der Waals surface area contributed by atoms with Crippen LogP contribution in [0.25, 0.3) is 0 Å². The second-order valence-electron chi connectivity index (χ2n) is 4.87. The first kappa shape index (κ1) is 15.7. The van der Waals surface area contributed by atoms with Gasteiger partial charge in [0.05, 0.1) is 20.3 Å². The van der Waals surface area contributed by atoms with E-state index in [1.54, 1.807) is 20.3 Å². The van der Waals surface area contributed by atoms with Crippen LogP contribution in [0.2, 0.25) is 5.02 Å². The summed E-state index contributed by atoms with van der Waals surface area (Å²) in [6.07, 6.45) is 0.570. The summed E-state index contributed by atoms with van der Waals surface area (Å²) in [7, 11) is 3.25. The molecule has 2 aromatic rings. The zero-order chi connectivity index (χ0) is 15.2. The number of aliphatic hydroxyl groups is 1. The van der Waals surface area contributed by atoms with Gasteiger partial charge in [-0.15, -0.1) is 0 Å². The van der Waals surface area contributed by atoms with Gasteiger partial charge < -0.3 is 14.6 Å². The van der Waals surface area contributed by atoms with Crippen LogP contribution in [0, 0.1) is 0 Å². The van der Waals surface area contributed by atoms with E-state index in [9.17, 15) is 5.11 Å². The molecule has 1 unspecified atom stereocenters. The summed E-state index contributed by atoms with van der Waals surface area (Å²) in [5.41, 5.74) is 1.97. The first-order valence-electron chi connectivity index (χ1n) is 6.75. The average Bonchev–Trinajstić information content (AvgIpc) is 2.48. The van der Waals surface area contributed by atoms with E-state index in [2.05, 4.69) is 0 Å². The molecule has 0 aromatic heterocycles. The Balaban J connectivity index is 2.03. The van der Waals surface area contributed by atoms with Crippen molar-refractivity contribution in [3.8, 4) is 11.5 Å². The highest BCUT2D eigenvalue weighted by molar-refractivity contribution is 6.30. The van der Waals surface area contributed by atoms with Gasteiger partial charge in [-0.25, -0.2) is 0 Å². The van der Waals surface area contributed by atoms with E-state index >= 15 is 0 Å². The Labute approximate surface area is 130 Å². The molecule has 2 aromatic carbocycles. The van der Waals surface area contributed by atoms with Crippen LogP contribution in [0.4, 0.5) is 0 Å². The molecule has 112 valence electrons. The van der Waals surface area contributed by atoms with Gasteiger partial charge in [-0.3, -0.25) is 0 Å². The third kappa shape index (κ3) is 4.38. The minimum absolute atomic E-state index is 0.495. The topological polar surface area (TPSA) is 38.7 Å². The molecule has 0 saturated carbocycles. The highest BCUT2D eigenvalue weighted by Crippen LogP contribution is 2.24. The smallest absolute Gasteiger partial charge is 0.122 e. The van der Waals surface area contributed by atoms with E-state index < -0.39 is 6.10 Å². The molecule has 21 heavy (non-hydrogen) atoms. The predicted octanol–water partition coefficient (Wildman–Crippen LogP) is 3.50. The first-order valence-corrected chi connectivity index (χ1v) is 7.13. The van der Waals surface area contributed by atoms with Crippen molar-refractivity contribution in [2.24, 2.45) is 0 Å². The summed E-state index contributed by atoms with van der Waals surface area (Å²) in [5.74, 6) is 1.55. The normalized spacial score (nSPS) is 12.0. The maximum Gasteiger partial charge on any atom is 0.122 e. The SMILES string of the molecule is COc1ccc(CC(O)Cc2cc(Cl)ccc2OC)cc1. The molecule has 0 spiro atoms. The lowest BCUT2D eigenvalue weighted by atomic mass is 10.0. The first-order chi connectivity index (χ1) is 10.1. The van der Waals surface area contributed by atoms with Crippen molar-refractivity contribution in [2.45, 2.75) is 18.9 Å². The van der Waals surface area contributed by atoms with Crippen molar-refractivity contribution in [1.29, 1.82) is 0 Å². The third-order valence-corrected chi connectivity index (χ3v) is 3.56. The number of hydrogen-bond donors (Lipinski definition) is 1. The average molecular weight is 307 g/mol. The third-order valence-electron chi connectivity index (χ3n) is 3.33. The number of methoxy groups -OCH3 is 2. The van der Waals surface area contributed by atoms with Gasteiger partial charge in [-0.05, 0) is 47.9 Å². The van der Waals surface area contributed by atoms with Crippen LogP contribution >= 0.6 is 11.6 Å². The summed E-state index contributed by atoms with van der Waals surface area (Å²) in [4.78, 5) is 0. The molecule has 0 saturated heterocycles. The standard InChI is InChI=1S/C17H19ClO3/c1-20-16-6-3-12(4-7-16)9-15(19)11-13-10-14(18)5-8-17(13)21-2/h3-8,10,15,19H,9,11H2,1-2H3. The fraction of sp³-hybridized carbons (Fsp3) is 0.294. The van der Waals surface area contributed by atoms with Crippen LogP contribution in [-0.4, -0.2) is 25.4 Å². The molecule has 0 aliphatic rings. The summed E-state index contributed by atoms with van der Waals surface area (Å²) < 4.78 is 10.4. The van der Waals surface area contributed by atoms with Crippen molar-refractivity contribution < 1.29 is 14.6 Å². The molecule has 0 aliphatic carbocycles. The van der Waals surface area contributed by atoms with Gasteiger partial charge in [-0.1, -0.05) is 23.7 Å². The van der Waals surface area contributed by atoms with Gasteiger partial charge in [0.2, 0.25) is 0 Å². The summed E-state index contributed by atoms with van der Waals surface area (Å²) in [6.45, 7) is 0. The van der Waals surface area contributed by atoms with Crippen molar-refractivity contribution in [1.82, 2.24) is 0 Å². The van der Waals surface area contributed by atoms with Crippen LogP contribution < -0.4 is 9.47 Å². The van der Waals surface area contributed by atoms with Crippen molar-refractivity contribution in [2.75, 3.05) is 14.2 Å². The molecule has 0 fully saturated rings. The van der Waals surface area contributed by atoms with Crippen LogP contribution in [-0.2, 0) is 12.8 Å². The quantitative estimate of drug-likeness (QED) is 0.887. The van der Waals surface area contributed by atoms with E-state index in [1.165, 1.54) is 0 Å². The highest BCUT2D eigenvalue weighted by atomic mass is 35.5. The van der Waals surface area contributed by atoms with Crippen molar-refractivity contribution >= 4 is 11.6 Å². The lowest BCUT2D eigenvalue weighted by molar-refractivity contribution is 0.174. The zero-order valence-electron chi connectivity index (χ0n) is 12.2. The van der Waals surface area contributed by atoms with E-state index in [1.807, 2.05) is 36.4 Å². The summed E-state index contributed by atoms with van der Waals surface area (Å²) >= 11 is 6.00. The summed E-state index contributed by atoms with van der Waals surface area (Å²) in [6, 6.07) is 13.1. The minimum Gasteiger partial charge on any atom is -0.497 e. The second kappa shape index (κ2) is 7.34. The Morgan fingerprint density at radius 3 is 2.33 bits per heavy atom. The number of benzene rings is 2. The molecule has 0 radical (unpaired) electrons. The van der Waals surface area contributed by atoms with Crippen LogP contribution in [0.5, 0.6) is 11.5 Å². The maximum absolute atomic E-state index is 10.3. The Morgan fingerprint density at radius 1 is 1.00 bits per heavy atom. The number of halogens is 1. The molecule has 0 amide bonds. The summed E-state index contributed by atoms with van der Waals surface area (Å²) in [5, 5.41) is 10.9. The Bertz CT molecular complexity index is 581. The fourth-order valence-corrected chi connectivity index (χ4v) is 2.46. The molecular weight excluding hydrogens is 288 g/mol. The van der Waals surface area contributed by atoms with E-state index in [0.717, 1.165) is 22.6 Å². The Kier molecular flexibility index (Phi) is 5.48. The molecular formula is C17H19ClO3. The van der Waals surface area contributed by atoms with E-state index in [0.29, 0.717) is 17.9 Å². The molecule has 0 bridgehead atoms. The number of ether oxygens (including phenoxy) is 2.